The van der Waals surface area contributed by atoms with Gasteiger partial charge in [-0.05, 0) is 24.3 Å². The highest BCUT2D eigenvalue weighted by atomic mass is 32.2. The summed E-state index contributed by atoms with van der Waals surface area (Å²) >= 11 is 6.58. The van der Waals surface area contributed by atoms with Gasteiger partial charge in [-0.1, -0.05) is 60.4 Å². The van der Waals surface area contributed by atoms with Crippen molar-refractivity contribution in [2.45, 2.75) is 6.42 Å². The van der Waals surface area contributed by atoms with Crippen LogP contribution in [0, 0.1) is 0 Å². The largest absolute Gasteiger partial charge is 0.492 e. The summed E-state index contributed by atoms with van der Waals surface area (Å²) in [7, 11) is 0. The number of rotatable bonds is 6. The van der Waals surface area contributed by atoms with Gasteiger partial charge in [-0.3, -0.25) is 14.5 Å². The third-order valence-electron chi connectivity index (χ3n) is 3.59. The maximum Gasteiger partial charge on any atom is 0.306 e. The summed E-state index contributed by atoms with van der Waals surface area (Å²) in [5.41, 5.74) is 1.43. The van der Waals surface area contributed by atoms with E-state index >= 15 is 0 Å². The van der Waals surface area contributed by atoms with E-state index in [9.17, 15) is 9.59 Å². The highest BCUT2D eigenvalue weighted by Crippen LogP contribution is 2.36. The number of thiocarbonyl (C=S) groups is 1. The predicted octanol–water partition coefficient (Wildman–Crippen LogP) is 3.95. The molecular formula is C19H15NO4S2. The molecule has 1 fully saturated rings. The zero-order chi connectivity index (χ0) is 18.5. The number of ether oxygens (including phenoxy) is 1. The fourth-order valence-electron chi connectivity index (χ4n) is 2.39. The molecule has 0 bridgehead atoms. The zero-order valence-corrected chi connectivity index (χ0v) is 15.3. The predicted molar refractivity (Wildman–Crippen MR) is 106 cm³/mol. The van der Waals surface area contributed by atoms with Crippen LogP contribution in [0.1, 0.15) is 12.0 Å². The van der Waals surface area contributed by atoms with Crippen molar-refractivity contribution in [1.82, 2.24) is 0 Å². The average molecular weight is 385 g/mol. The number of anilines is 1. The van der Waals surface area contributed by atoms with Crippen molar-refractivity contribution in [2.24, 2.45) is 0 Å². The van der Waals surface area contributed by atoms with Crippen LogP contribution in [0.25, 0.3) is 6.08 Å². The normalized spacial score (nSPS) is 15.5. The number of nitrogens with zero attached hydrogens (tertiary/aromatic N) is 1. The van der Waals surface area contributed by atoms with Crippen LogP contribution < -0.4 is 9.64 Å². The summed E-state index contributed by atoms with van der Waals surface area (Å²) < 4.78 is 6.01. The summed E-state index contributed by atoms with van der Waals surface area (Å²) in [4.78, 5) is 25.4. The van der Waals surface area contributed by atoms with E-state index in [0.29, 0.717) is 20.5 Å². The van der Waals surface area contributed by atoms with Crippen molar-refractivity contribution < 1.29 is 19.4 Å². The lowest BCUT2D eigenvalue weighted by molar-refractivity contribution is -0.137. The molecule has 1 amide bonds. The quantitative estimate of drug-likeness (QED) is 0.600. The maximum atomic E-state index is 12.8. The van der Waals surface area contributed by atoms with Gasteiger partial charge < -0.3 is 9.84 Å². The Hall–Kier alpha value is -2.64. The molecule has 7 heteroatoms. The van der Waals surface area contributed by atoms with Gasteiger partial charge in [0.1, 0.15) is 5.75 Å². The van der Waals surface area contributed by atoms with E-state index in [-0.39, 0.29) is 18.9 Å². The van der Waals surface area contributed by atoms with Crippen molar-refractivity contribution in [1.29, 1.82) is 0 Å². The van der Waals surface area contributed by atoms with Crippen molar-refractivity contribution in [3.05, 3.63) is 65.1 Å². The van der Waals surface area contributed by atoms with E-state index < -0.39 is 5.97 Å². The molecule has 1 heterocycles. The number of para-hydroxylation sites is 2. The van der Waals surface area contributed by atoms with E-state index in [4.69, 9.17) is 22.1 Å². The Labute approximate surface area is 160 Å². The third-order valence-corrected chi connectivity index (χ3v) is 4.89. The topological polar surface area (TPSA) is 66.8 Å². The molecule has 2 aromatic carbocycles. The van der Waals surface area contributed by atoms with E-state index in [2.05, 4.69) is 0 Å². The standard InChI is InChI=1S/C19H15NO4S2/c21-17(22)10-11-24-15-9-5-4-6-13(15)12-16-18(23)20(19(25)26-16)14-7-2-1-3-8-14/h1-9,12H,10-11H2,(H,21,22)/b16-12+. The first-order valence-corrected chi connectivity index (χ1v) is 9.05. The molecule has 5 nitrogen and oxygen atoms in total. The molecule has 1 N–H and O–H groups in total. The molecule has 0 aromatic heterocycles. The maximum absolute atomic E-state index is 12.8. The molecule has 0 radical (unpaired) electrons. The SMILES string of the molecule is O=C(O)CCOc1ccccc1/C=C1/SC(=S)N(c2ccccc2)C1=O. The van der Waals surface area contributed by atoms with Gasteiger partial charge in [0.15, 0.2) is 4.32 Å². The Balaban J connectivity index is 1.84. The fraction of sp³-hybridized carbons (Fsp3) is 0.105. The molecule has 0 unspecified atom stereocenters. The van der Waals surface area contributed by atoms with Gasteiger partial charge in [-0.15, -0.1) is 0 Å². The van der Waals surface area contributed by atoms with Crippen LogP contribution in [0.2, 0.25) is 0 Å². The molecule has 0 atom stereocenters. The number of amides is 1. The Kier molecular flexibility index (Phi) is 5.70. The molecule has 1 saturated heterocycles. The van der Waals surface area contributed by atoms with Crippen molar-refractivity contribution in [3.63, 3.8) is 0 Å². The molecule has 0 aliphatic carbocycles. The smallest absolute Gasteiger partial charge is 0.306 e. The van der Waals surface area contributed by atoms with E-state index in [0.717, 1.165) is 5.69 Å². The van der Waals surface area contributed by atoms with Crippen LogP contribution in [-0.4, -0.2) is 27.9 Å². The fourth-order valence-corrected chi connectivity index (χ4v) is 3.68. The molecule has 0 spiro atoms. The number of thioether (sulfide) groups is 1. The second-order valence-electron chi connectivity index (χ2n) is 5.38. The van der Waals surface area contributed by atoms with Gasteiger partial charge in [-0.25, -0.2) is 0 Å². The lowest BCUT2D eigenvalue weighted by atomic mass is 10.2. The molecule has 0 saturated carbocycles. The summed E-state index contributed by atoms with van der Waals surface area (Å²) in [6.45, 7) is 0.0607. The minimum atomic E-state index is -0.925. The second-order valence-corrected chi connectivity index (χ2v) is 7.06. The van der Waals surface area contributed by atoms with Crippen LogP contribution in [0.3, 0.4) is 0 Å². The van der Waals surface area contributed by atoms with E-state index in [1.807, 2.05) is 42.5 Å². The van der Waals surface area contributed by atoms with E-state index in [1.165, 1.54) is 16.7 Å². The number of carboxylic acids is 1. The number of carbonyl (C=O) groups excluding carboxylic acids is 1. The molecule has 1 aliphatic heterocycles. The first-order valence-electron chi connectivity index (χ1n) is 7.83. The first-order chi connectivity index (χ1) is 12.6. The van der Waals surface area contributed by atoms with Crippen molar-refractivity contribution in [3.8, 4) is 5.75 Å². The van der Waals surface area contributed by atoms with Crippen LogP contribution in [-0.2, 0) is 9.59 Å². The Morgan fingerprint density at radius 2 is 1.85 bits per heavy atom. The Morgan fingerprint density at radius 3 is 2.58 bits per heavy atom. The number of hydrogen-bond acceptors (Lipinski definition) is 5. The summed E-state index contributed by atoms with van der Waals surface area (Å²) in [5, 5.41) is 8.73. The van der Waals surface area contributed by atoms with Gasteiger partial charge in [0, 0.05) is 5.56 Å². The van der Waals surface area contributed by atoms with Gasteiger partial charge in [-0.2, -0.15) is 0 Å². The molecule has 3 rings (SSSR count). The lowest BCUT2D eigenvalue weighted by Gasteiger charge is -2.13. The highest BCUT2D eigenvalue weighted by Gasteiger charge is 2.33. The number of aliphatic carboxylic acids is 1. The Morgan fingerprint density at radius 1 is 1.15 bits per heavy atom. The zero-order valence-electron chi connectivity index (χ0n) is 13.6. The van der Waals surface area contributed by atoms with Crippen LogP contribution in [0.15, 0.2) is 59.5 Å². The first kappa shape index (κ1) is 18.2. The number of hydrogen-bond donors (Lipinski definition) is 1. The summed E-state index contributed by atoms with van der Waals surface area (Å²) in [6.07, 6.45) is 1.63. The monoisotopic (exact) mass is 385 g/mol. The molecule has 2 aromatic rings. The lowest BCUT2D eigenvalue weighted by Crippen LogP contribution is -2.27. The van der Waals surface area contributed by atoms with Gasteiger partial charge >= 0.3 is 5.97 Å². The van der Waals surface area contributed by atoms with Gasteiger partial charge in [0.2, 0.25) is 0 Å². The molecule has 132 valence electrons. The molecular weight excluding hydrogens is 370 g/mol. The second kappa shape index (κ2) is 8.16. The molecule has 26 heavy (non-hydrogen) atoms. The number of carboxylic acid groups (broad SMARTS) is 1. The summed E-state index contributed by atoms with van der Waals surface area (Å²) in [5.74, 6) is -0.587. The van der Waals surface area contributed by atoms with Crippen LogP contribution in [0.5, 0.6) is 5.75 Å². The number of benzene rings is 2. The number of carbonyl (C=O) groups is 2. The molecule has 1 aliphatic rings. The van der Waals surface area contributed by atoms with Crippen molar-refractivity contribution >= 4 is 51.9 Å². The Bertz CT molecular complexity index is 880. The minimum absolute atomic E-state index is 0.0607. The van der Waals surface area contributed by atoms with Gasteiger partial charge in [0.25, 0.3) is 5.91 Å². The average Bonchev–Trinajstić information content (AvgIpc) is 2.90. The highest BCUT2D eigenvalue weighted by molar-refractivity contribution is 8.27. The van der Waals surface area contributed by atoms with E-state index in [1.54, 1.807) is 18.2 Å². The van der Waals surface area contributed by atoms with Gasteiger partial charge in [0.05, 0.1) is 23.6 Å². The minimum Gasteiger partial charge on any atom is -0.492 e. The third kappa shape index (κ3) is 4.12. The van der Waals surface area contributed by atoms with Crippen LogP contribution >= 0.6 is 24.0 Å². The summed E-state index contributed by atoms with van der Waals surface area (Å²) in [6, 6.07) is 16.4. The van der Waals surface area contributed by atoms with Crippen LogP contribution in [0.4, 0.5) is 5.69 Å². The van der Waals surface area contributed by atoms with Crippen molar-refractivity contribution in [2.75, 3.05) is 11.5 Å².